The first kappa shape index (κ1) is 23.6. The fraction of sp³-hybridized carbons (Fsp3) is 0.875. The van der Waals surface area contributed by atoms with Crippen molar-refractivity contribution in [3.63, 3.8) is 0 Å². The molecule has 0 bridgehead atoms. The average molecular weight is 384 g/mol. The van der Waals surface area contributed by atoms with E-state index in [0.717, 1.165) is 11.8 Å². The van der Waals surface area contributed by atoms with E-state index in [9.17, 15) is 16.8 Å². The minimum Gasteiger partial charge on any atom is -0.374 e. The van der Waals surface area contributed by atoms with Gasteiger partial charge in [-0.3, -0.25) is 0 Å². The molecule has 2 unspecified atom stereocenters. The number of ether oxygens (including phenoxy) is 1. The molecule has 2 atom stereocenters. The molecule has 0 amide bonds. The Balaban J connectivity index is 4.38. The van der Waals surface area contributed by atoms with Crippen LogP contribution in [0.3, 0.4) is 0 Å². The smallest absolute Gasteiger partial charge is 0.175 e. The van der Waals surface area contributed by atoms with E-state index in [1.807, 2.05) is 13.8 Å². The Morgan fingerprint density at radius 3 is 2.25 bits per heavy atom. The fourth-order valence-corrected chi connectivity index (χ4v) is 3.80. The molecule has 0 aromatic heterocycles. The number of sulfone groups is 2. The molecular weight excluding hydrogens is 350 g/mol. The monoisotopic (exact) mass is 383 g/mol. The van der Waals surface area contributed by atoms with Crippen LogP contribution in [0.5, 0.6) is 0 Å². The average Bonchev–Trinajstić information content (AvgIpc) is 2.50. The third-order valence-corrected chi connectivity index (χ3v) is 7.41. The predicted octanol–water partition coefficient (Wildman–Crippen LogP) is 1.92. The van der Waals surface area contributed by atoms with Crippen LogP contribution in [0.15, 0.2) is 12.0 Å². The van der Waals surface area contributed by atoms with Gasteiger partial charge in [0.15, 0.2) is 19.7 Å². The van der Waals surface area contributed by atoms with Crippen LogP contribution in [-0.2, 0) is 24.4 Å². The lowest BCUT2D eigenvalue weighted by molar-refractivity contribution is -0.0177. The number of hydrogen-bond acceptors (Lipinski definition) is 6. The Labute approximate surface area is 147 Å². The second-order valence-corrected chi connectivity index (χ2v) is 11.4. The van der Waals surface area contributed by atoms with Gasteiger partial charge in [-0.2, -0.15) is 0 Å². The summed E-state index contributed by atoms with van der Waals surface area (Å²) < 4.78 is 53.1. The molecule has 0 heterocycles. The van der Waals surface area contributed by atoms with Crippen molar-refractivity contribution in [1.29, 1.82) is 0 Å². The maximum absolute atomic E-state index is 12.1. The van der Waals surface area contributed by atoms with Crippen LogP contribution in [0.4, 0.5) is 0 Å². The molecule has 0 radical (unpaired) electrons. The van der Waals surface area contributed by atoms with Crippen LogP contribution in [0.25, 0.3) is 0 Å². The van der Waals surface area contributed by atoms with Crippen molar-refractivity contribution in [2.45, 2.75) is 64.4 Å². The van der Waals surface area contributed by atoms with E-state index in [4.69, 9.17) is 4.74 Å². The summed E-state index contributed by atoms with van der Waals surface area (Å²) in [5.41, 5.74) is -0.706. The molecule has 0 saturated heterocycles. The molecular formula is C16H33NO5S2. The molecule has 0 aromatic rings. The van der Waals surface area contributed by atoms with Gasteiger partial charge in [-0.1, -0.05) is 13.5 Å². The van der Waals surface area contributed by atoms with E-state index in [1.165, 1.54) is 0 Å². The van der Waals surface area contributed by atoms with Crippen molar-refractivity contribution >= 4 is 19.7 Å². The lowest BCUT2D eigenvalue weighted by Crippen LogP contribution is -2.35. The normalized spacial score (nSPS) is 15.9. The van der Waals surface area contributed by atoms with Crippen molar-refractivity contribution < 1.29 is 21.6 Å². The highest BCUT2D eigenvalue weighted by Gasteiger charge is 2.26. The molecule has 24 heavy (non-hydrogen) atoms. The third-order valence-electron chi connectivity index (χ3n) is 4.04. The van der Waals surface area contributed by atoms with Gasteiger partial charge in [-0.15, -0.1) is 0 Å². The molecule has 0 spiro atoms. The standard InChI is InChI=1S/C16H33NO5S2/c1-7-14(3)17-10-12-23(18,19)11-9-16(5,6)22-13-15(4)24(20,21)8-2/h8,14-15,17H,2,7,9-13H2,1,3-6H3. The van der Waals surface area contributed by atoms with Crippen molar-refractivity contribution in [1.82, 2.24) is 5.32 Å². The molecule has 0 rings (SSSR count). The quantitative estimate of drug-likeness (QED) is 0.523. The number of hydrogen-bond donors (Lipinski definition) is 1. The number of nitrogens with one attached hydrogen (secondary N) is 1. The molecule has 1 N–H and O–H groups in total. The zero-order chi connectivity index (χ0) is 19.0. The Morgan fingerprint density at radius 1 is 1.17 bits per heavy atom. The van der Waals surface area contributed by atoms with Gasteiger partial charge in [0, 0.05) is 18.0 Å². The topological polar surface area (TPSA) is 89.5 Å². The van der Waals surface area contributed by atoms with Crippen LogP contribution < -0.4 is 5.32 Å². The highest BCUT2D eigenvalue weighted by atomic mass is 32.2. The maximum atomic E-state index is 12.1. The summed E-state index contributed by atoms with van der Waals surface area (Å²) in [5.74, 6) is 0.111. The second-order valence-electron chi connectivity index (χ2n) is 6.80. The molecule has 0 aromatic carbocycles. The van der Waals surface area contributed by atoms with Gasteiger partial charge >= 0.3 is 0 Å². The van der Waals surface area contributed by atoms with Crippen LogP contribution in [0.1, 0.15) is 47.5 Å². The summed E-state index contributed by atoms with van der Waals surface area (Å²) in [6.07, 6.45) is 1.27. The molecule has 8 heteroatoms. The van der Waals surface area contributed by atoms with Gasteiger partial charge in [0.1, 0.15) is 0 Å². The van der Waals surface area contributed by atoms with Gasteiger partial charge in [-0.05, 0) is 40.5 Å². The lowest BCUT2D eigenvalue weighted by atomic mass is 10.1. The Kier molecular flexibility index (Phi) is 9.71. The zero-order valence-corrected chi connectivity index (χ0v) is 17.2. The first-order chi connectivity index (χ1) is 10.9. The van der Waals surface area contributed by atoms with Crippen molar-refractivity contribution in [3.05, 3.63) is 12.0 Å². The Bertz CT molecular complexity index is 582. The maximum Gasteiger partial charge on any atom is 0.175 e. The van der Waals surface area contributed by atoms with Gasteiger partial charge in [0.25, 0.3) is 0 Å². The lowest BCUT2D eigenvalue weighted by Gasteiger charge is -2.26. The van der Waals surface area contributed by atoms with Crippen LogP contribution in [0, 0.1) is 0 Å². The van der Waals surface area contributed by atoms with Gasteiger partial charge in [0.2, 0.25) is 0 Å². The van der Waals surface area contributed by atoms with Crippen LogP contribution in [-0.4, -0.2) is 58.4 Å². The second kappa shape index (κ2) is 9.89. The highest BCUT2D eigenvalue weighted by Crippen LogP contribution is 2.18. The Hall–Kier alpha value is -0.440. The van der Waals surface area contributed by atoms with Crippen molar-refractivity contribution in [2.75, 3.05) is 24.7 Å². The first-order valence-electron chi connectivity index (χ1n) is 8.29. The van der Waals surface area contributed by atoms with Gasteiger partial charge in [-0.25, -0.2) is 16.8 Å². The van der Waals surface area contributed by atoms with E-state index in [2.05, 4.69) is 11.9 Å². The summed E-state index contributed by atoms with van der Waals surface area (Å²) >= 11 is 0. The largest absolute Gasteiger partial charge is 0.374 e. The van der Waals surface area contributed by atoms with Gasteiger partial charge in [0.05, 0.1) is 29.0 Å². The summed E-state index contributed by atoms with van der Waals surface area (Å²) in [7, 11) is -6.54. The summed E-state index contributed by atoms with van der Waals surface area (Å²) in [4.78, 5) is 0. The predicted molar refractivity (Wildman–Crippen MR) is 99.6 cm³/mol. The fourth-order valence-electron chi connectivity index (χ4n) is 1.78. The van der Waals surface area contributed by atoms with Crippen LogP contribution >= 0.6 is 0 Å². The van der Waals surface area contributed by atoms with Crippen LogP contribution in [0.2, 0.25) is 0 Å². The van der Waals surface area contributed by atoms with Crippen molar-refractivity contribution in [2.24, 2.45) is 0 Å². The van der Waals surface area contributed by atoms with Gasteiger partial charge < -0.3 is 10.1 Å². The molecule has 0 fully saturated rings. The van der Waals surface area contributed by atoms with E-state index >= 15 is 0 Å². The minimum absolute atomic E-state index is 0.0109. The number of rotatable bonds is 13. The molecule has 0 saturated carbocycles. The first-order valence-corrected chi connectivity index (χ1v) is 11.7. The highest BCUT2D eigenvalue weighted by molar-refractivity contribution is 7.94. The molecule has 0 aliphatic carbocycles. The molecule has 0 aliphatic rings. The summed E-state index contributed by atoms with van der Waals surface area (Å²) in [6, 6.07) is 0.299. The molecule has 6 nitrogen and oxygen atoms in total. The van der Waals surface area contributed by atoms with E-state index < -0.39 is 30.5 Å². The minimum atomic E-state index is -3.37. The third kappa shape index (κ3) is 9.76. The summed E-state index contributed by atoms with van der Waals surface area (Å²) in [5, 5.41) is 3.38. The van der Waals surface area contributed by atoms with E-state index in [1.54, 1.807) is 20.8 Å². The Morgan fingerprint density at radius 2 is 1.75 bits per heavy atom. The molecule has 144 valence electrons. The SMILES string of the molecule is C=CS(=O)(=O)C(C)COC(C)(C)CCS(=O)(=O)CCNC(C)CC. The summed E-state index contributed by atoms with van der Waals surface area (Å²) in [6.45, 7) is 12.9. The van der Waals surface area contributed by atoms with Crippen molar-refractivity contribution in [3.8, 4) is 0 Å². The van der Waals surface area contributed by atoms with E-state index in [0.29, 0.717) is 19.0 Å². The van der Waals surface area contributed by atoms with E-state index in [-0.39, 0.29) is 18.1 Å². The zero-order valence-electron chi connectivity index (χ0n) is 15.5. The molecule has 0 aliphatic heterocycles.